The molecule has 0 N–H and O–H groups in total. The van der Waals surface area contributed by atoms with Gasteiger partial charge in [0.1, 0.15) is 0 Å². The van der Waals surface area contributed by atoms with Crippen molar-refractivity contribution in [2.45, 2.75) is 52.1 Å². The van der Waals surface area contributed by atoms with E-state index in [1.54, 1.807) is 0 Å². The van der Waals surface area contributed by atoms with E-state index in [2.05, 4.69) is 6.92 Å². The van der Waals surface area contributed by atoms with E-state index in [0.29, 0.717) is 5.92 Å². The van der Waals surface area contributed by atoms with Gasteiger partial charge in [-0.2, -0.15) is 0 Å². The van der Waals surface area contributed by atoms with Gasteiger partial charge in [-0.3, -0.25) is 4.79 Å². The van der Waals surface area contributed by atoms with Crippen LogP contribution in [0.25, 0.3) is 0 Å². The van der Waals surface area contributed by atoms with Crippen LogP contribution in [0.2, 0.25) is 0 Å². The van der Waals surface area contributed by atoms with Gasteiger partial charge in [0.05, 0.1) is 0 Å². The van der Waals surface area contributed by atoms with E-state index in [-0.39, 0.29) is 11.7 Å². The SMILES string of the molecule is CC1CCC(C(=O)C(C)(C)F)CC1. The molecule has 13 heavy (non-hydrogen) atoms. The third-order valence-electron chi connectivity index (χ3n) is 2.97. The lowest BCUT2D eigenvalue weighted by Crippen LogP contribution is -2.34. The lowest BCUT2D eigenvalue weighted by molar-refractivity contribution is -0.133. The third kappa shape index (κ3) is 2.78. The summed E-state index contributed by atoms with van der Waals surface area (Å²) in [4.78, 5) is 11.6. The molecule has 0 spiro atoms. The van der Waals surface area contributed by atoms with Crippen LogP contribution >= 0.6 is 0 Å². The first-order valence-corrected chi connectivity index (χ1v) is 5.14. The first-order chi connectivity index (χ1) is 5.91. The summed E-state index contributed by atoms with van der Waals surface area (Å²) in [5, 5.41) is 0. The van der Waals surface area contributed by atoms with Gasteiger partial charge in [-0.1, -0.05) is 19.8 Å². The molecule has 0 bridgehead atoms. The molecule has 1 aliphatic carbocycles. The largest absolute Gasteiger partial charge is 0.296 e. The van der Waals surface area contributed by atoms with Gasteiger partial charge in [-0.15, -0.1) is 0 Å². The zero-order valence-electron chi connectivity index (χ0n) is 8.77. The number of rotatable bonds is 2. The molecule has 2 heteroatoms. The number of carbonyl (C=O) groups excluding carboxylic acids is 1. The fourth-order valence-corrected chi connectivity index (χ4v) is 2.01. The summed E-state index contributed by atoms with van der Waals surface area (Å²) in [6, 6.07) is 0. The summed E-state index contributed by atoms with van der Waals surface area (Å²) in [6.45, 7) is 4.93. The summed E-state index contributed by atoms with van der Waals surface area (Å²) in [6.07, 6.45) is 3.92. The fraction of sp³-hybridized carbons (Fsp3) is 0.909. The molecule has 1 aliphatic rings. The van der Waals surface area contributed by atoms with Crippen LogP contribution in [0.15, 0.2) is 0 Å². The maximum Gasteiger partial charge on any atom is 0.172 e. The van der Waals surface area contributed by atoms with Crippen LogP contribution in [-0.2, 0) is 4.79 Å². The van der Waals surface area contributed by atoms with E-state index in [1.165, 1.54) is 13.8 Å². The van der Waals surface area contributed by atoms with E-state index < -0.39 is 5.67 Å². The Morgan fingerprint density at radius 3 is 2.08 bits per heavy atom. The Balaban J connectivity index is 2.50. The Morgan fingerprint density at radius 2 is 1.69 bits per heavy atom. The Kier molecular flexibility index (Phi) is 3.09. The first-order valence-electron chi connectivity index (χ1n) is 5.14. The summed E-state index contributed by atoms with van der Waals surface area (Å²) in [5.74, 6) is 0.502. The van der Waals surface area contributed by atoms with Gasteiger partial charge in [0, 0.05) is 5.92 Å². The van der Waals surface area contributed by atoms with Crippen molar-refractivity contribution in [3.63, 3.8) is 0 Å². The number of hydrogen-bond donors (Lipinski definition) is 0. The van der Waals surface area contributed by atoms with Crippen molar-refractivity contribution >= 4 is 5.78 Å². The quantitative estimate of drug-likeness (QED) is 0.647. The average molecular weight is 186 g/mol. The fourth-order valence-electron chi connectivity index (χ4n) is 2.01. The Morgan fingerprint density at radius 1 is 1.23 bits per heavy atom. The second kappa shape index (κ2) is 3.77. The molecular weight excluding hydrogens is 167 g/mol. The molecule has 0 aliphatic heterocycles. The van der Waals surface area contributed by atoms with Gasteiger partial charge in [-0.05, 0) is 32.6 Å². The number of Topliss-reactive ketones (excluding diaryl/α,β-unsaturated/α-hetero) is 1. The minimum absolute atomic E-state index is 0.0174. The summed E-state index contributed by atoms with van der Waals surface area (Å²) in [7, 11) is 0. The molecule has 0 aromatic rings. The molecule has 0 saturated heterocycles. The topological polar surface area (TPSA) is 17.1 Å². The second-order valence-electron chi connectivity index (χ2n) is 4.79. The minimum Gasteiger partial charge on any atom is -0.296 e. The van der Waals surface area contributed by atoms with E-state index >= 15 is 0 Å². The summed E-state index contributed by atoms with van der Waals surface area (Å²) in [5.41, 5.74) is -1.63. The van der Waals surface area contributed by atoms with Crippen LogP contribution < -0.4 is 0 Å². The summed E-state index contributed by atoms with van der Waals surface area (Å²) < 4.78 is 13.3. The molecule has 1 saturated carbocycles. The Labute approximate surface area is 79.7 Å². The zero-order valence-corrected chi connectivity index (χ0v) is 8.77. The first kappa shape index (κ1) is 10.7. The van der Waals surface area contributed by atoms with Crippen LogP contribution in [0.4, 0.5) is 4.39 Å². The van der Waals surface area contributed by atoms with Gasteiger partial charge in [0.2, 0.25) is 0 Å². The molecule has 0 heterocycles. The molecule has 0 radical (unpaired) electrons. The molecular formula is C11H19FO. The standard InChI is InChI=1S/C11H19FO/c1-8-4-6-9(7-5-8)10(13)11(2,3)12/h8-9H,4-7H2,1-3H3. The lowest BCUT2D eigenvalue weighted by Gasteiger charge is -2.28. The molecule has 1 fully saturated rings. The lowest BCUT2D eigenvalue weighted by atomic mass is 9.78. The van der Waals surface area contributed by atoms with Gasteiger partial charge in [-0.25, -0.2) is 4.39 Å². The van der Waals surface area contributed by atoms with Crippen molar-refractivity contribution in [3.8, 4) is 0 Å². The number of ketones is 1. The van der Waals surface area contributed by atoms with Gasteiger partial charge in [0.25, 0.3) is 0 Å². The monoisotopic (exact) mass is 186 g/mol. The van der Waals surface area contributed by atoms with Gasteiger partial charge < -0.3 is 0 Å². The summed E-state index contributed by atoms with van der Waals surface area (Å²) >= 11 is 0. The minimum atomic E-state index is -1.63. The predicted octanol–water partition coefficient (Wildman–Crippen LogP) is 3.13. The predicted molar refractivity (Wildman–Crippen MR) is 51.3 cm³/mol. The highest BCUT2D eigenvalue weighted by Crippen LogP contribution is 2.32. The maximum atomic E-state index is 13.3. The number of alkyl halides is 1. The van der Waals surface area contributed by atoms with Crippen LogP contribution in [0.1, 0.15) is 46.5 Å². The molecule has 1 nitrogen and oxygen atoms in total. The van der Waals surface area contributed by atoms with Gasteiger partial charge >= 0.3 is 0 Å². The molecule has 1 rings (SSSR count). The molecule has 76 valence electrons. The normalized spacial score (nSPS) is 30.2. The van der Waals surface area contributed by atoms with E-state index in [4.69, 9.17) is 0 Å². The van der Waals surface area contributed by atoms with E-state index in [9.17, 15) is 9.18 Å². The smallest absolute Gasteiger partial charge is 0.172 e. The van der Waals surface area contributed by atoms with Crippen molar-refractivity contribution in [2.75, 3.05) is 0 Å². The average Bonchev–Trinajstić information content (AvgIpc) is 2.03. The van der Waals surface area contributed by atoms with Crippen LogP contribution in [0.3, 0.4) is 0 Å². The Hall–Kier alpha value is -0.400. The third-order valence-corrected chi connectivity index (χ3v) is 2.97. The second-order valence-corrected chi connectivity index (χ2v) is 4.79. The molecule has 0 atom stereocenters. The van der Waals surface area contributed by atoms with E-state index in [1.807, 2.05) is 0 Å². The highest BCUT2D eigenvalue weighted by Gasteiger charge is 2.34. The highest BCUT2D eigenvalue weighted by molar-refractivity contribution is 5.88. The van der Waals surface area contributed by atoms with Crippen LogP contribution in [-0.4, -0.2) is 11.5 Å². The number of halogens is 1. The zero-order chi connectivity index (χ0) is 10.1. The highest BCUT2D eigenvalue weighted by atomic mass is 19.1. The van der Waals surface area contributed by atoms with Crippen molar-refractivity contribution in [1.82, 2.24) is 0 Å². The van der Waals surface area contributed by atoms with Gasteiger partial charge in [0.15, 0.2) is 11.5 Å². The molecule has 0 aromatic heterocycles. The van der Waals surface area contributed by atoms with Crippen LogP contribution in [0, 0.1) is 11.8 Å². The van der Waals surface area contributed by atoms with Crippen molar-refractivity contribution in [2.24, 2.45) is 11.8 Å². The van der Waals surface area contributed by atoms with Crippen molar-refractivity contribution in [3.05, 3.63) is 0 Å². The molecule has 0 amide bonds. The molecule has 0 aromatic carbocycles. The number of hydrogen-bond acceptors (Lipinski definition) is 1. The van der Waals surface area contributed by atoms with Crippen molar-refractivity contribution in [1.29, 1.82) is 0 Å². The maximum absolute atomic E-state index is 13.3. The van der Waals surface area contributed by atoms with E-state index in [0.717, 1.165) is 25.7 Å². The van der Waals surface area contributed by atoms with Crippen molar-refractivity contribution < 1.29 is 9.18 Å². The molecule has 0 unspecified atom stereocenters. The Bertz CT molecular complexity index is 185. The number of carbonyl (C=O) groups is 1. The van der Waals surface area contributed by atoms with Crippen LogP contribution in [0.5, 0.6) is 0 Å².